The maximum atomic E-state index is 12.3. The predicted molar refractivity (Wildman–Crippen MR) is 100 cm³/mol. The minimum absolute atomic E-state index is 0. The van der Waals surface area contributed by atoms with Crippen LogP contribution in [-0.2, 0) is 4.74 Å². The van der Waals surface area contributed by atoms with Gasteiger partial charge in [0, 0.05) is 24.9 Å². The van der Waals surface area contributed by atoms with Gasteiger partial charge in [-0.15, -0.1) is 12.4 Å². The summed E-state index contributed by atoms with van der Waals surface area (Å²) < 4.78 is 15.8. The highest BCUT2D eigenvalue weighted by Crippen LogP contribution is 2.18. The normalized spacial score (nSPS) is 9.84. The van der Waals surface area contributed by atoms with Crippen LogP contribution in [0.1, 0.15) is 10.4 Å². The van der Waals surface area contributed by atoms with Gasteiger partial charge in [-0.2, -0.15) is 0 Å². The van der Waals surface area contributed by atoms with E-state index in [0.717, 1.165) is 0 Å². The van der Waals surface area contributed by atoms with Gasteiger partial charge < -0.3 is 25.3 Å². The van der Waals surface area contributed by atoms with Crippen LogP contribution in [0, 0.1) is 0 Å². The Bertz CT molecular complexity index is 650. The van der Waals surface area contributed by atoms with Gasteiger partial charge in [0.25, 0.3) is 5.91 Å². The third-order valence-electron chi connectivity index (χ3n) is 3.15. The highest BCUT2D eigenvalue weighted by molar-refractivity contribution is 6.04. The van der Waals surface area contributed by atoms with Crippen LogP contribution in [0.2, 0.25) is 0 Å². The minimum atomic E-state index is -0.206. The van der Waals surface area contributed by atoms with E-state index in [1.54, 1.807) is 55.6 Å². The van der Waals surface area contributed by atoms with Gasteiger partial charge in [-0.25, -0.2) is 0 Å². The number of nitrogens with one attached hydrogen (secondary N) is 1. The number of hydrogen-bond donors (Lipinski definition) is 2. The topological polar surface area (TPSA) is 82.8 Å². The molecule has 6 nitrogen and oxygen atoms in total. The highest BCUT2D eigenvalue weighted by Gasteiger charge is 2.07. The number of methoxy groups -OCH3 is 1. The molecule has 2 rings (SSSR count). The fraction of sp³-hybridized carbons (Fsp3) is 0.278. The molecule has 0 bridgehead atoms. The number of hydrogen-bond acceptors (Lipinski definition) is 5. The number of anilines is 1. The van der Waals surface area contributed by atoms with Crippen molar-refractivity contribution in [1.82, 2.24) is 0 Å². The number of ether oxygens (including phenoxy) is 3. The van der Waals surface area contributed by atoms with Gasteiger partial charge in [-0.1, -0.05) is 6.07 Å². The van der Waals surface area contributed by atoms with Gasteiger partial charge in [0.1, 0.15) is 24.7 Å². The largest absolute Gasteiger partial charge is 0.492 e. The van der Waals surface area contributed by atoms with Crippen LogP contribution in [0.4, 0.5) is 5.69 Å². The zero-order chi connectivity index (χ0) is 17.2. The average Bonchev–Trinajstić information content (AvgIpc) is 2.61. The third-order valence-corrected chi connectivity index (χ3v) is 3.15. The summed E-state index contributed by atoms with van der Waals surface area (Å²) in [6.45, 7) is 1.85. The fourth-order valence-electron chi connectivity index (χ4n) is 1.98. The molecule has 0 saturated heterocycles. The van der Waals surface area contributed by atoms with Crippen molar-refractivity contribution in [1.29, 1.82) is 0 Å². The summed E-state index contributed by atoms with van der Waals surface area (Å²) in [4.78, 5) is 12.3. The molecule has 0 aromatic heterocycles. The molecule has 3 N–H and O–H groups in total. The van der Waals surface area contributed by atoms with Crippen LogP contribution in [0.25, 0.3) is 0 Å². The molecule has 136 valence electrons. The van der Waals surface area contributed by atoms with E-state index in [1.165, 1.54) is 0 Å². The van der Waals surface area contributed by atoms with Crippen molar-refractivity contribution in [3.8, 4) is 11.5 Å². The lowest BCUT2D eigenvalue weighted by molar-refractivity contribution is 0.102. The second-order valence-corrected chi connectivity index (χ2v) is 4.98. The number of nitrogens with two attached hydrogens (primary N) is 1. The standard InChI is InChI=1S/C18H22N2O4.ClH/c1-22-11-12-24-17-4-2-3-14(13-17)18(21)20-15-5-7-16(8-6-15)23-10-9-19;/h2-8,13H,9-12,19H2,1H3,(H,20,21);1H. The van der Waals surface area contributed by atoms with Crippen LogP contribution >= 0.6 is 12.4 Å². The lowest BCUT2D eigenvalue weighted by Crippen LogP contribution is -2.13. The maximum absolute atomic E-state index is 12.3. The molecule has 0 spiro atoms. The summed E-state index contributed by atoms with van der Waals surface area (Å²) in [5, 5.41) is 2.84. The van der Waals surface area contributed by atoms with Gasteiger partial charge in [0.2, 0.25) is 0 Å². The molecule has 1 amide bonds. The average molecular weight is 367 g/mol. The maximum Gasteiger partial charge on any atom is 0.255 e. The molecule has 0 aliphatic carbocycles. The van der Waals surface area contributed by atoms with Gasteiger partial charge in [-0.05, 0) is 42.5 Å². The van der Waals surface area contributed by atoms with E-state index in [-0.39, 0.29) is 18.3 Å². The van der Waals surface area contributed by atoms with Crippen LogP contribution < -0.4 is 20.5 Å². The Morgan fingerprint density at radius 1 is 1.00 bits per heavy atom. The second-order valence-electron chi connectivity index (χ2n) is 4.98. The van der Waals surface area contributed by atoms with E-state index >= 15 is 0 Å². The van der Waals surface area contributed by atoms with Crippen molar-refractivity contribution in [3.05, 3.63) is 54.1 Å². The molecule has 25 heavy (non-hydrogen) atoms. The summed E-state index contributed by atoms with van der Waals surface area (Å²) in [5.74, 6) is 1.14. The Labute approximate surface area is 153 Å². The monoisotopic (exact) mass is 366 g/mol. The summed E-state index contributed by atoms with van der Waals surface area (Å²) in [7, 11) is 1.61. The van der Waals surface area contributed by atoms with Crippen LogP contribution in [0.15, 0.2) is 48.5 Å². The van der Waals surface area contributed by atoms with Crippen molar-refractivity contribution in [2.75, 3.05) is 38.8 Å². The smallest absolute Gasteiger partial charge is 0.255 e. The summed E-state index contributed by atoms with van der Waals surface area (Å²) >= 11 is 0. The van der Waals surface area contributed by atoms with Crippen molar-refractivity contribution in [3.63, 3.8) is 0 Å². The molecule has 0 fully saturated rings. The zero-order valence-corrected chi connectivity index (χ0v) is 14.9. The van der Waals surface area contributed by atoms with Crippen LogP contribution in [0.3, 0.4) is 0 Å². The number of benzene rings is 2. The molecule has 0 saturated carbocycles. The van der Waals surface area contributed by atoms with E-state index in [1.807, 2.05) is 0 Å². The van der Waals surface area contributed by atoms with Crippen molar-refractivity contribution >= 4 is 24.0 Å². The first-order valence-corrected chi connectivity index (χ1v) is 7.69. The Morgan fingerprint density at radius 2 is 1.72 bits per heavy atom. The van der Waals surface area contributed by atoms with Crippen LogP contribution in [0.5, 0.6) is 11.5 Å². The van der Waals surface area contributed by atoms with Crippen molar-refractivity contribution in [2.45, 2.75) is 0 Å². The first kappa shape index (κ1) is 20.8. The molecular formula is C18H23ClN2O4. The molecule has 0 radical (unpaired) electrons. The first-order chi connectivity index (χ1) is 11.7. The highest BCUT2D eigenvalue weighted by atomic mass is 35.5. The molecule has 0 atom stereocenters. The second kappa shape index (κ2) is 11.3. The fourth-order valence-corrected chi connectivity index (χ4v) is 1.98. The lowest BCUT2D eigenvalue weighted by Gasteiger charge is -2.09. The van der Waals surface area contributed by atoms with Crippen LogP contribution in [-0.4, -0.2) is 39.4 Å². The molecule has 0 heterocycles. The zero-order valence-electron chi connectivity index (χ0n) is 14.1. The Hall–Kier alpha value is -2.28. The number of halogens is 1. The Morgan fingerprint density at radius 3 is 2.40 bits per heavy atom. The Balaban J connectivity index is 0.00000312. The van der Waals surface area contributed by atoms with E-state index in [4.69, 9.17) is 19.9 Å². The Kier molecular flexibility index (Phi) is 9.39. The summed E-state index contributed by atoms with van der Waals surface area (Å²) in [6, 6.07) is 14.1. The molecule has 2 aromatic carbocycles. The first-order valence-electron chi connectivity index (χ1n) is 7.69. The van der Waals surface area contributed by atoms with Crippen molar-refractivity contribution < 1.29 is 19.0 Å². The predicted octanol–water partition coefficient (Wildman–Crippen LogP) is 2.72. The van der Waals surface area contributed by atoms with Gasteiger partial charge >= 0.3 is 0 Å². The van der Waals surface area contributed by atoms with E-state index in [2.05, 4.69) is 5.32 Å². The number of carbonyl (C=O) groups excluding carboxylic acids is 1. The summed E-state index contributed by atoms with van der Waals surface area (Å²) in [6.07, 6.45) is 0. The SMILES string of the molecule is COCCOc1cccc(C(=O)Nc2ccc(OCCN)cc2)c1.Cl. The summed E-state index contributed by atoms with van der Waals surface area (Å²) in [5.41, 5.74) is 6.60. The van der Waals surface area contributed by atoms with Gasteiger partial charge in [0.15, 0.2) is 0 Å². The van der Waals surface area contributed by atoms with E-state index < -0.39 is 0 Å². The number of amides is 1. The molecule has 7 heteroatoms. The van der Waals surface area contributed by atoms with E-state index in [9.17, 15) is 4.79 Å². The molecule has 0 aliphatic rings. The van der Waals surface area contributed by atoms with Crippen molar-refractivity contribution in [2.24, 2.45) is 5.73 Å². The molecule has 0 aliphatic heterocycles. The molecule has 0 unspecified atom stereocenters. The van der Waals surface area contributed by atoms with Gasteiger partial charge in [-0.3, -0.25) is 4.79 Å². The molecule has 2 aromatic rings. The number of rotatable bonds is 9. The third kappa shape index (κ3) is 7.01. The molecular weight excluding hydrogens is 344 g/mol. The number of carbonyl (C=O) groups is 1. The lowest BCUT2D eigenvalue weighted by atomic mass is 10.2. The quantitative estimate of drug-likeness (QED) is 0.667. The minimum Gasteiger partial charge on any atom is -0.492 e. The van der Waals surface area contributed by atoms with E-state index in [0.29, 0.717) is 49.1 Å². The van der Waals surface area contributed by atoms with Gasteiger partial charge in [0.05, 0.1) is 6.61 Å².